The number of hydrogen-bond donors (Lipinski definition) is 2. The minimum absolute atomic E-state index is 0. The number of thiazole rings is 1. The molecule has 0 bridgehead atoms. The lowest BCUT2D eigenvalue weighted by atomic mass is 10.1. The predicted molar refractivity (Wildman–Crippen MR) is 119 cm³/mol. The fraction of sp³-hybridized carbons (Fsp3) is 0.778. The average Bonchev–Trinajstić information content (AvgIpc) is 2.92. The number of likely N-dealkylation sites (tertiary alicyclic amines) is 1. The fourth-order valence-electron chi connectivity index (χ4n) is 3.15. The van der Waals surface area contributed by atoms with Crippen LogP contribution in [0.4, 0.5) is 0 Å². The monoisotopic (exact) mass is 479 g/mol. The van der Waals surface area contributed by atoms with Crippen molar-refractivity contribution in [3.63, 3.8) is 0 Å². The van der Waals surface area contributed by atoms with E-state index < -0.39 is 0 Å². The van der Waals surface area contributed by atoms with Crippen LogP contribution in [0.3, 0.4) is 0 Å². The van der Waals surface area contributed by atoms with E-state index in [2.05, 4.69) is 39.4 Å². The largest absolute Gasteiger partial charge is 0.356 e. The number of guanidine groups is 1. The van der Waals surface area contributed by atoms with Gasteiger partial charge in [0, 0.05) is 18.5 Å². The number of nitrogens with zero attached hydrogens (tertiary/aromatic N) is 3. The summed E-state index contributed by atoms with van der Waals surface area (Å²) in [6.07, 6.45) is 8.01. The van der Waals surface area contributed by atoms with Crippen LogP contribution in [-0.4, -0.2) is 49.1 Å². The van der Waals surface area contributed by atoms with Gasteiger partial charge in [0.1, 0.15) is 0 Å². The third-order valence-electron chi connectivity index (χ3n) is 4.53. The van der Waals surface area contributed by atoms with Gasteiger partial charge < -0.3 is 15.5 Å². The lowest BCUT2D eigenvalue weighted by Gasteiger charge is -2.26. The summed E-state index contributed by atoms with van der Waals surface area (Å²) >= 11 is 1.75. The summed E-state index contributed by atoms with van der Waals surface area (Å²) in [7, 11) is 1.83. The van der Waals surface area contributed by atoms with E-state index in [1.165, 1.54) is 63.0 Å². The molecule has 25 heavy (non-hydrogen) atoms. The van der Waals surface area contributed by atoms with Gasteiger partial charge in [0.05, 0.1) is 17.2 Å². The van der Waals surface area contributed by atoms with Crippen molar-refractivity contribution in [2.75, 3.05) is 33.2 Å². The third-order valence-corrected chi connectivity index (χ3v) is 5.60. The lowest BCUT2D eigenvalue weighted by molar-refractivity contribution is 0.224. The average molecular weight is 479 g/mol. The number of aromatic nitrogens is 1. The molecule has 0 radical (unpaired) electrons. The van der Waals surface area contributed by atoms with Gasteiger partial charge in [-0.15, -0.1) is 35.3 Å². The molecule has 5 nitrogen and oxygen atoms in total. The first-order valence-corrected chi connectivity index (χ1v) is 10.1. The summed E-state index contributed by atoms with van der Waals surface area (Å²) in [6, 6.07) is 0. The highest BCUT2D eigenvalue weighted by Crippen LogP contribution is 2.16. The molecule has 2 heterocycles. The van der Waals surface area contributed by atoms with Crippen LogP contribution >= 0.6 is 35.3 Å². The summed E-state index contributed by atoms with van der Waals surface area (Å²) in [5, 5.41) is 7.92. The Hall–Kier alpha value is -0.410. The quantitative estimate of drug-likeness (QED) is 0.259. The van der Waals surface area contributed by atoms with Gasteiger partial charge in [0.25, 0.3) is 0 Å². The predicted octanol–water partition coefficient (Wildman–Crippen LogP) is 3.70. The zero-order valence-corrected chi connectivity index (χ0v) is 19.1. The molecule has 0 amide bonds. The third kappa shape index (κ3) is 8.68. The van der Waals surface area contributed by atoms with Crippen LogP contribution in [0.25, 0.3) is 0 Å². The summed E-state index contributed by atoms with van der Waals surface area (Å²) in [5.41, 5.74) is 1.12. The van der Waals surface area contributed by atoms with Crippen molar-refractivity contribution in [3.8, 4) is 0 Å². The number of piperidine rings is 1. The minimum Gasteiger partial charge on any atom is -0.356 e. The highest BCUT2D eigenvalue weighted by Gasteiger charge is 2.09. The Labute approximate surface area is 174 Å². The highest BCUT2D eigenvalue weighted by molar-refractivity contribution is 14.0. The number of aliphatic imine (C=N–C) groups is 1. The summed E-state index contributed by atoms with van der Waals surface area (Å²) in [6.45, 7) is 9.80. The molecule has 0 aliphatic carbocycles. The first-order chi connectivity index (χ1) is 11.7. The van der Waals surface area contributed by atoms with Crippen LogP contribution in [0.2, 0.25) is 0 Å². The molecule has 0 unspecified atom stereocenters. The van der Waals surface area contributed by atoms with Gasteiger partial charge in [-0.25, -0.2) is 4.98 Å². The van der Waals surface area contributed by atoms with E-state index in [0.29, 0.717) is 0 Å². The molecule has 0 atom stereocenters. The molecule has 0 saturated carbocycles. The second-order valence-corrected chi connectivity index (χ2v) is 7.84. The van der Waals surface area contributed by atoms with E-state index in [9.17, 15) is 0 Å². The normalized spacial score (nSPS) is 15.7. The van der Waals surface area contributed by atoms with Crippen LogP contribution in [0.5, 0.6) is 0 Å². The van der Waals surface area contributed by atoms with Crippen LogP contribution in [0.15, 0.2) is 4.99 Å². The van der Waals surface area contributed by atoms with Gasteiger partial charge in [-0.05, 0) is 59.2 Å². The van der Waals surface area contributed by atoms with Crippen LogP contribution < -0.4 is 10.6 Å². The molecule has 144 valence electrons. The van der Waals surface area contributed by atoms with E-state index >= 15 is 0 Å². The summed E-state index contributed by atoms with van der Waals surface area (Å²) < 4.78 is 0. The van der Waals surface area contributed by atoms with Gasteiger partial charge in [0.15, 0.2) is 5.96 Å². The first-order valence-electron chi connectivity index (χ1n) is 9.29. The Morgan fingerprint density at radius 1 is 1.12 bits per heavy atom. The number of hydrogen-bond acceptors (Lipinski definition) is 4. The molecule has 2 N–H and O–H groups in total. The molecule has 1 aromatic rings. The van der Waals surface area contributed by atoms with E-state index in [1.54, 1.807) is 11.3 Å². The van der Waals surface area contributed by atoms with Crippen molar-refractivity contribution in [3.05, 3.63) is 15.6 Å². The molecular formula is C18H34IN5S. The van der Waals surface area contributed by atoms with Gasteiger partial charge >= 0.3 is 0 Å². The molecule has 1 aliphatic heterocycles. The van der Waals surface area contributed by atoms with Crippen LogP contribution in [0, 0.1) is 13.8 Å². The first kappa shape index (κ1) is 22.6. The zero-order chi connectivity index (χ0) is 17.2. The molecule has 1 saturated heterocycles. The molecular weight excluding hydrogens is 445 g/mol. The maximum atomic E-state index is 4.46. The second-order valence-electron chi connectivity index (χ2n) is 6.56. The van der Waals surface area contributed by atoms with E-state index in [0.717, 1.165) is 29.8 Å². The maximum absolute atomic E-state index is 4.46. The Kier molecular flexibility index (Phi) is 11.6. The molecule has 1 aliphatic rings. The van der Waals surface area contributed by atoms with Crippen molar-refractivity contribution in [2.45, 2.75) is 58.9 Å². The fourth-order valence-corrected chi connectivity index (χ4v) is 4.03. The van der Waals surface area contributed by atoms with Gasteiger partial charge in [0.2, 0.25) is 0 Å². The summed E-state index contributed by atoms with van der Waals surface area (Å²) in [4.78, 5) is 12.7. The van der Waals surface area contributed by atoms with Gasteiger partial charge in [-0.3, -0.25) is 4.99 Å². The number of nitrogens with one attached hydrogen (secondary N) is 2. The van der Waals surface area contributed by atoms with Crippen LogP contribution in [-0.2, 0) is 6.54 Å². The topological polar surface area (TPSA) is 52.6 Å². The Morgan fingerprint density at radius 2 is 1.88 bits per heavy atom. The Balaban J connectivity index is 0.00000312. The molecule has 2 rings (SSSR count). The van der Waals surface area contributed by atoms with Crippen molar-refractivity contribution in [1.29, 1.82) is 0 Å². The molecule has 1 fully saturated rings. The zero-order valence-electron chi connectivity index (χ0n) is 15.9. The smallest absolute Gasteiger partial charge is 0.191 e. The van der Waals surface area contributed by atoms with Gasteiger partial charge in [-0.2, -0.15) is 0 Å². The van der Waals surface area contributed by atoms with Crippen molar-refractivity contribution >= 4 is 41.3 Å². The maximum Gasteiger partial charge on any atom is 0.191 e. The summed E-state index contributed by atoms with van der Waals surface area (Å²) in [5.74, 6) is 0.886. The van der Waals surface area contributed by atoms with Crippen molar-refractivity contribution < 1.29 is 0 Å². The number of aryl methyl sites for hydroxylation is 2. The van der Waals surface area contributed by atoms with Gasteiger partial charge in [-0.1, -0.05) is 12.8 Å². The standard InChI is InChI=1S/C18H33N5S.HI/c1-15-17(24-16(2)22-15)14-21-18(19-3)20-10-6-4-7-11-23-12-8-5-9-13-23;/h4-14H2,1-3H3,(H2,19,20,21);1H. The lowest BCUT2D eigenvalue weighted by Crippen LogP contribution is -2.37. The molecule has 0 aromatic carbocycles. The SMILES string of the molecule is CN=C(NCCCCCN1CCCCC1)NCc1sc(C)nc1C.I. The van der Waals surface area contributed by atoms with E-state index in [1.807, 2.05) is 7.05 Å². The minimum atomic E-state index is 0. The van der Waals surface area contributed by atoms with E-state index in [-0.39, 0.29) is 24.0 Å². The number of rotatable bonds is 8. The number of halogens is 1. The van der Waals surface area contributed by atoms with Crippen LogP contribution in [0.1, 0.15) is 54.1 Å². The number of unbranched alkanes of at least 4 members (excludes halogenated alkanes) is 2. The molecule has 7 heteroatoms. The van der Waals surface area contributed by atoms with Crippen molar-refractivity contribution in [1.82, 2.24) is 20.5 Å². The Bertz CT molecular complexity index is 512. The molecule has 1 aromatic heterocycles. The van der Waals surface area contributed by atoms with Crippen molar-refractivity contribution in [2.24, 2.45) is 4.99 Å². The highest BCUT2D eigenvalue weighted by atomic mass is 127. The van der Waals surface area contributed by atoms with E-state index in [4.69, 9.17) is 0 Å². The second kappa shape index (κ2) is 12.9. The Morgan fingerprint density at radius 3 is 2.52 bits per heavy atom. The molecule has 0 spiro atoms.